The number of urea groups is 1. The van der Waals surface area contributed by atoms with Crippen LogP contribution in [0.3, 0.4) is 0 Å². The molecule has 1 unspecified atom stereocenters. The fourth-order valence-electron chi connectivity index (χ4n) is 6.19. The zero-order valence-electron chi connectivity index (χ0n) is 20.2. The second kappa shape index (κ2) is 11.0. The van der Waals surface area contributed by atoms with Crippen molar-refractivity contribution in [2.75, 3.05) is 39.8 Å². The molecule has 0 spiro atoms. The monoisotopic (exact) mass is 488 g/mol. The molecule has 0 bridgehead atoms. The Balaban J connectivity index is 1.44. The van der Waals surface area contributed by atoms with E-state index in [0.29, 0.717) is 36.9 Å². The van der Waals surface area contributed by atoms with Gasteiger partial charge in [0.1, 0.15) is 6.04 Å². The highest BCUT2D eigenvalue weighted by molar-refractivity contribution is 6.30. The summed E-state index contributed by atoms with van der Waals surface area (Å²) in [4.78, 5) is 43.1. The highest BCUT2D eigenvalue weighted by atomic mass is 35.5. The first-order valence-corrected chi connectivity index (χ1v) is 13.0. The maximum Gasteiger partial charge on any atom is 0.319 e. The molecule has 0 aromatic heterocycles. The molecule has 3 aliphatic rings. The lowest BCUT2D eigenvalue weighted by Gasteiger charge is -2.49. The Kier molecular flexibility index (Phi) is 8.02. The van der Waals surface area contributed by atoms with Crippen LogP contribution in [0.1, 0.15) is 50.5 Å². The van der Waals surface area contributed by atoms with Crippen LogP contribution in [0.25, 0.3) is 0 Å². The topological polar surface area (TPSA) is 73.0 Å². The first-order chi connectivity index (χ1) is 16.4. The third kappa shape index (κ3) is 5.51. The predicted octanol–water partition coefficient (Wildman–Crippen LogP) is 3.55. The van der Waals surface area contributed by atoms with E-state index in [4.69, 9.17) is 11.6 Å². The van der Waals surface area contributed by atoms with E-state index < -0.39 is 6.04 Å². The second-order valence-corrected chi connectivity index (χ2v) is 10.8. The van der Waals surface area contributed by atoms with Crippen LogP contribution in [-0.2, 0) is 16.0 Å². The van der Waals surface area contributed by atoms with Gasteiger partial charge in [0.2, 0.25) is 12.3 Å². The number of piperidine rings is 1. The first kappa shape index (κ1) is 24.8. The standard InChI is InChI=1S/C26H37ClN4O3/c1-29-15-16-31(25(29)34)18-26(21-5-3-2-4-6-21)11-13-30(14-12-26)24(33)23(28-19-32)17-20-7-9-22(27)10-8-20/h7-10,19,21,23H,2-6,11-18H2,1H3,(H,28,32). The van der Waals surface area contributed by atoms with Gasteiger partial charge in [-0.2, -0.15) is 0 Å². The van der Waals surface area contributed by atoms with Crippen molar-refractivity contribution in [3.8, 4) is 0 Å². The van der Waals surface area contributed by atoms with Crippen LogP contribution in [0.5, 0.6) is 0 Å². The zero-order valence-corrected chi connectivity index (χ0v) is 20.9. The minimum atomic E-state index is -0.588. The number of hydrogen-bond acceptors (Lipinski definition) is 3. The van der Waals surface area contributed by atoms with Crippen molar-refractivity contribution in [2.45, 2.75) is 57.4 Å². The lowest BCUT2D eigenvalue weighted by Crippen LogP contribution is -2.55. The van der Waals surface area contributed by atoms with Crippen molar-refractivity contribution in [3.05, 3.63) is 34.9 Å². The molecule has 4 amide bonds. The van der Waals surface area contributed by atoms with Crippen molar-refractivity contribution >= 4 is 29.9 Å². The number of nitrogens with zero attached hydrogens (tertiary/aromatic N) is 3. The van der Waals surface area contributed by atoms with Crippen LogP contribution in [0.4, 0.5) is 4.79 Å². The largest absolute Gasteiger partial charge is 0.347 e. The number of hydrogen-bond donors (Lipinski definition) is 1. The van der Waals surface area contributed by atoms with Crippen LogP contribution in [-0.4, -0.2) is 78.9 Å². The molecule has 1 aliphatic carbocycles. The summed E-state index contributed by atoms with van der Waals surface area (Å²) in [5, 5.41) is 3.38. The summed E-state index contributed by atoms with van der Waals surface area (Å²) in [5.74, 6) is 0.575. The van der Waals surface area contributed by atoms with Crippen molar-refractivity contribution in [2.24, 2.45) is 11.3 Å². The summed E-state index contributed by atoms with van der Waals surface area (Å²) >= 11 is 5.99. The molecule has 186 valence electrons. The molecule has 1 atom stereocenters. The predicted molar refractivity (Wildman–Crippen MR) is 133 cm³/mol. The van der Waals surface area contributed by atoms with Gasteiger partial charge in [0, 0.05) is 51.2 Å². The Morgan fingerprint density at radius 3 is 2.38 bits per heavy atom. The molecule has 1 N–H and O–H groups in total. The maximum absolute atomic E-state index is 13.4. The number of likely N-dealkylation sites (tertiary alicyclic amines) is 1. The van der Waals surface area contributed by atoms with Gasteiger partial charge in [0.05, 0.1) is 0 Å². The summed E-state index contributed by atoms with van der Waals surface area (Å²) in [7, 11) is 1.87. The van der Waals surface area contributed by atoms with Gasteiger partial charge < -0.3 is 20.0 Å². The van der Waals surface area contributed by atoms with Crippen molar-refractivity contribution in [1.82, 2.24) is 20.0 Å². The summed E-state index contributed by atoms with van der Waals surface area (Å²) in [6, 6.07) is 6.93. The van der Waals surface area contributed by atoms with E-state index in [1.54, 1.807) is 17.0 Å². The Hall–Kier alpha value is -2.28. The maximum atomic E-state index is 13.4. The SMILES string of the molecule is CN1CCN(CC2(C3CCCCC3)CCN(C(=O)C(Cc3ccc(Cl)cc3)NC=O)CC2)C1=O. The van der Waals surface area contributed by atoms with E-state index in [-0.39, 0.29) is 17.4 Å². The van der Waals surface area contributed by atoms with Crippen LogP contribution in [0.2, 0.25) is 5.02 Å². The number of benzene rings is 1. The first-order valence-electron chi connectivity index (χ1n) is 12.6. The number of amides is 4. The lowest BCUT2D eigenvalue weighted by molar-refractivity contribution is -0.138. The van der Waals surface area contributed by atoms with Crippen LogP contribution in [0, 0.1) is 11.3 Å². The quantitative estimate of drug-likeness (QED) is 0.569. The molecule has 4 rings (SSSR count). The minimum Gasteiger partial charge on any atom is -0.347 e. The molecule has 3 fully saturated rings. The Morgan fingerprint density at radius 1 is 1.12 bits per heavy atom. The van der Waals surface area contributed by atoms with Crippen molar-refractivity contribution in [3.63, 3.8) is 0 Å². The van der Waals surface area contributed by atoms with Crippen molar-refractivity contribution in [1.29, 1.82) is 0 Å². The number of halogens is 1. The van der Waals surface area contributed by atoms with Crippen molar-refractivity contribution < 1.29 is 14.4 Å². The fourth-order valence-corrected chi connectivity index (χ4v) is 6.32. The third-order valence-electron chi connectivity index (χ3n) is 8.27. The number of carbonyl (C=O) groups excluding carboxylic acids is 3. The van der Waals surface area contributed by atoms with E-state index in [9.17, 15) is 14.4 Å². The molecule has 1 saturated carbocycles. The minimum absolute atomic E-state index is 0.0312. The highest BCUT2D eigenvalue weighted by Crippen LogP contribution is 2.46. The average Bonchev–Trinajstić information content (AvgIpc) is 3.17. The van der Waals surface area contributed by atoms with E-state index in [1.807, 2.05) is 29.0 Å². The van der Waals surface area contributed by atoms with Gasteiger partial charge in [0.25, 0.3) is 0 Å². The second-order valence-electron chi connectivity index (χ2n) is 10.3. The molecular formula is C26H37ClN4O3. The normalized spacial score (nSPS) is 22.1. The molecule has 7 nitrogen and oxygen atoms in total. The molecule has 1 aromatic carbocycles. The summed E-state index contributed by atoms with van der Waals surface area (Å²) in [6.07, 6.45) is 9.13. The average molecular weight is 489 g/mol. The van der Waals surface area contributed by atoms with Crippen LogP contribution >= 0.6 is 11.6 Å². The smallest absolute Gasteiger partial charge is 0.319 e. The number of carbonyl (C=O) groups is 3. The number of rotatable bonds is 8. The molecule has 8 heteroatoms. The van der Waals surface area contributed by atoms with Crippen LogP contribution in [0.15, 0.2) is 24.3 Å². The van der Waals surface area contributed by atoms with E-state index in [1.165, 1.54) is 32.1 Å². The Labute approximate surface area is 207 Å². The van der Waals surface area contributed by atoms with E-state index >= 15 is 0 Å². The molecule has 1 aromatic rings. The van der Waals surface area contributed by atoms with Crippen LogP contribution < -0.4 is 5.32 Å². The third-order valence-corrected chi connectivity index (χ3v) is 8.52. The Morgan fingerprint density at radius 2 is 1.79 bits per heavy atom. The summed E-state index contributed by atoms with van der Waals surface area (Å²) < 4.78 is 0. The lowest BCUT2D eigenvalue weighted by atomic mass is 9.63. The summed E-state index contributed by atoms with van der Waals surface area (Å²) in [6.45, 7) is 3.71. The Bertz CT molecular complexity index is 863. The van der Waals surface area contributed by atoms with Gasteiger partial charge in [-0.1, -0.05) is 43.0 Å². The number of nitrogens with one attached hydrogen (secondary N) is 1. The molecule has 2 heterocycles. The fraction of sp³-hybridized carbons (Fsp3) is 0.654. The van der Waals surface area contributed by atoms with E-state index in [0.717, 1.165) is 38.0 Å². The molecule has 0 radical (unpaired) electrons. The molecule has 2 aliphatic heterocycles. The summed E-state index contributed by atoms with van der Waals surface area (Å²) in [5.41, 5.74) is 1.03. The van der Waals surface area contributed by atoms with Gasteiger partial charge in [-0.05, 0) is 54.7 Å². The number of likely N-dealkylation sites (N-methyl/N-ethyl adjacent to an activating group) is 1. The highest BCUT2D eigenvalue weighted by Gasteiger charge is 2.45. The van der Waals surface area contributed by atoms with Gasteiger partial charge in [-0.15, -0.1) is 0 Å². The van der Waals surface area contributed by atoms with E-state index in [2.05, 4.69) is 5.32 Å². The van der Waals surface area contributed by atoms with Gasteiger partial charge in [-0.25, -0.2) is 4.79 Å². The molecular weight excluding hydrogens is 452 g/mol. The zero-order chi connectivity index (χ0) is 24.1. The molecule has 2 saturated heterocycles. The molecule has 34 heavy (non-hydrogen) atoms. The van der Waals surface area contributed by atoms with Gasteiger partial charge in [0.15, 0.2) is 0 Å². The van der Waals surface area contributed by atoms with Gasteiger partial charge >= 0.3 is 6.03 Å². The van der Waals surface area contributed by atoms with Gasteiger partial charge in [-0.3, -0.25) is 9.59 Å².